The number of aliphatic imine (C=N–C) groups is 1. The minimum atomic E-state index is -0.549. The number of aromatic nitrogens is 1. The summed E-state index contributed by atoms with van der Waals surface area (Å²) in [4.78, 5) is 19.8. The van der Waals surface area contributed by atoms with E-state index in [0.29, 0.717) is 11.1 Å². The van der Waals surface area contributed by atoms with Crippen molar-refractivity contribution in [2.45, 2.75) is 0 Å². The maximum absolute atomic E-state index is 11.8. The molecule has 0 spiro atoms. The third-order valence-electron chi connectivity index (χ3n) is 2.76. The molecule has 0 radical (unpaired) electrons. The quantitative estimate of drug-likeness (QED) is 0.667. The number of pyridine rings is 1. The number of carbonyl (C=O) groups excluding carboxylic acids is 1. The van der Waals surface area contributed by atoms with Crippen molar-refractivity contribution in [2.24, 2.45) is 4.99 Å². The van der Waals surface area contributed by atoms with Crippen LogP contribution >= 0.6 is 0 Å². The number of para-hydroxylation sites is 1. The van der Waals surface area contributed by atoms with Gasteiger partial charge in [-0.25, -0.2) is 9.79 Å². The molecule has 98 valence electrons. The molecule has 20 heavy (non-hydrogen) atoms. The number of nitrogens with zero attached hydrogens (tertiary/aromatic N) is 2. The van der Waals surface area contributed by atoms with Crippen molar-refractivity contribution < 1.29 is 14.6 Å². The van der Waals surface area contributed by atoms with Crippen LogP contribution in [0.2, 0.25) is 0 Å². The van der Waals surface area contributed by atoms with Gasteiger partial charge in [0.05, 0.1) is 5.56 Å². The van der Waals surface area contributed by atoms with E-state index in [9.17, 15) is 9.90 Å². The summed E-state index contributed by atoms with van der Waals surface area (Å²) < 4.78 is 5.09. The second-order valence-electron chi connectivity index (χ2n) is 4.14. The van der Waals surface area contributed by atoms with Gasteiger partial charge >= 0.3 is 5.97 Å². The standard InChI is InChI=1S/C15H10N2O3/c18-13-6-2-1-4-10(13)8-12-15(19)20-14(17-12)11-5-3-7-16-9-11/h1-9,18H/b12-8-. The molecular formula is C15H10N2O3. The second-order valence-corrected chi connectivity index (χ2v) is 4.14. The number of aromatic hydroxyl groups is 1. The molecule has 0 saturated carbocycles. The maximum Gasteiger partial charge on any atom is 0.363 e. The Hall–Kier alpha value is -2.95. The molecule has 0 unspecified atom stereocenters. The molecule has 1 aliphatic heterocycles. The van der Waals surface area contributed by atoms with Crippen molar-refractivity contribution in [1.82, 2.24) is 4.98 Å². The Bertz CT molecular complexity index is 721. The first-order valence-electron chi connectivity index (χ1n) is 5.95. The van der Waals surface area contributed by atoms with Crippen LogP contribution in [0.1, 0.15) is 11.1 Å². The average Bonchev–Trinajstić information content (AvgIpc) is 2.84. The first-order valence-corrected chi connectivity index (χ1v) is 5.95. The van der Waals surface area contributed by atoms with E-state index in [1.54, 1.807) is 48.8 Å². The zero-order valence-corrected chi connectivity index (χ0v) is 10.4. The molecule has 0 saturated heterocycles. The Kier molecular flexibility index (Phi) is 3.01. The molecular weight excluding hydrogens is 256 g/mol. The Morgan fingerprint density at radius 1 is 1.15 bits per heavy atom. The van der Waals surface area contributed by atoms with Gasteiger partial charge in [0.2, 0.25) is 5.90 Å². The van der Waals surface area contributed by atoms with Gasteiger partial charge in [-0.1, -0.05) is 18.2 Å². The first-order chi connectivity index (χ1) is 9.74. The molecule has 1 aromatic heterocycles. The van der Waals surface area contributed by atoms with Gasteiger partial charge < -0.3 is 9.84 Å². The Morgan fingerprint density at radius 3 is 2.75 bits per heavy atom. The highest BCUT2D eigenvalue weighted by molar-refractivity contribution is 6.12. The summed E-state index contributed by atoms with van der Waals surface area (Å²) in [7, 11) is 0. The van der Waals surface area contributed by atoms with Gasteiger partial charge in [0, 0.05) is 18.0 Å². The van der Waals surface area contributed by atoms with Gasteiger partial charge in [-0.05, 0) is 24.3 Å². The first kappa shape index (κ1) is 12.1. The number of rotatable bonds is 2. The van der Waals surface area contributed by atoms with E-state index in [2.05, 4.69) is 9.98 Å². The number of benzene rings is 1. The number of cyclic esters (lactones) is 1. The molecule has 5 nitrogen and oxygen atoms in total. The topological polar surface area (TPSA) is 71.8 Å². The second kappa shape index (κ2) is 4.97. The highest BCUT2D eigenvalue weighted by atomic mass is 16.6. The van der Waals surface area contributed by atoms with E-state index in [-0.39, 0.29) is 17.3 Å². The van der Waals surface area contributed by atoms with Crippen molar-refractivity contribution in [2.75, 3.05) is 0 Å². The molecule has 2 aromatic rings. The minimum absolute atomic E-state index is 0.0813. The molecule has 1 N–H and O–H groups in total. The van der Waals surface area contributed by atoms with Crippen molar-refractivity contribution in [3.63, 3.8) is 0 Å². The number of hydrogen-bond donors (Lipinski definition) is 1. The summed E-state index contributed by atoms with van der Waals surface area (Å²) in [5.41, 5.74) is 1.28. The molecule has 2 heterocycles. The fourth-order valence-corrected chi connectivity index (χ4v) is 1.78. The predicted octanol–water partition coefficient (Wildman–Crippen LogP) is 2.13. The largest absolute Gasteiger partial charge is 0.507 e. The van der Waals surface area contributed by atoms with Crippen molar-refractivity contribution in [1.29, 1.82) is 0 Å². The molecule has 5 heteroatoms. The van der Waals surface area contributed by atoms with Gasteiger partial charge in [0.15, 0.2) is 5.70 Å². The van der Waals surface area contributed by atoms with E-state index in [1.807, 2.05) is 0 Å². The highest BCUT2D eigenvalue weighted by Crippen LogP contribution is 2.23. The molecule has 0 aliphatic carbocycles. The molecule has 1 aliphatic rings. The van der Waals surface area contributed by atoms with Crippen LogP contribution in [0.15, 0.2) is 59.5 Å². The van der Waals surface area contributed by atoms with E-state index >= 15 is 0 Å². The fourth-order valence-electron chi connectivity index (χ4n) is 1.78. The number of esters is 1. The normalized spacial score (nSPS) is 16.1. The summed E-state index contributed by atoms with van der Waals surface area (Å²) in [6.45, 7) is 0. The van der Waals surface area contributed by atoms with Crippen LogP contribution in [0.4, 0.5) is 0 Å². The number of ether oxygens (including phenoxy) is 1. The molecule has 1 aromatic carbocycles. The van der Waals surface area contributed by atoms with E-state index in [0.717, 1.165) is 0 Å². The molecule has 0 amide bonds. The van der Waals surface area contributed by atoms with Crippen LogP contribution in [0, 0.1) is 0 Å². The molecule has 0 fully saturated rings. The number of phenolic OH excluding ortho intramolecular Hbond substituents is 1. The lowest BCUT2D eigenvalue weighted by Gasteiger charge is -1.97. The Labute approximate surface area is 114 Å². The highest BCUT2D eigenvalue weighted by Gasteiger charge is 2.24. The minimum Gasteiger partial charge on any atom is -0.507 e. The Balaban J connectivity index is 1.97. The summed E-state index contributed by atoms with van der Waals surface area (Å²) in [5, 5.41) is 9.68. The smallest absolute Gasteiger partial charge is 0.363 e. The summed E-state index contributed by atoms with van der Waals surface area (Å²) >= 11 is 0. The Morgan fingerprint density at radius 2 is 2.00 bits per heavy atom. The van der Waals surface area contributed by atoms with E-state index in [4.69, 9.17) is 4.74 Å². The van der Waals surface area contributed by atoms with Crippen LogP contribution in [-0.2, 0) is 9.53 Å². The van der Waals surface area contributed by atoms with Gasteiger partial charge in [-0.2, -0.15) is 0 Å². The fraction of sp³-hybridized carbons (Fsp3) is 0. The summed E-state index contributed by atoms with van der Waals surface area (Å²) in [6, 6.07) is 10.2. The lowest BCUT2D eigenvalue weighted by molar-refractivity contribution is -0.129. The van der Waals surface area contributed by atoms with Crippen LogP contribution < -0.4 is 0 Å². The van der Waals surface area contributed by atoms with Gasteiger partial charge in [0.25, 0.3) is 0 Å². The van der Waals surface area contributed by atoms with Crippen molar-refractivity contribution in [3.8, 4) is 5.75 Å². The van der Waals surface area contributed by atoms with Gasteiger partial charge in [0.1, 0.15) is 5.75 Å². The average molecular weight is 266 g/mol. The molecule has 0 atom stereocenters. The van der Waals surface area contributed by atoms with Crippen LogP contribution in [0.25, 0.3) is 6.08 Å². The van der Waals surface area contributed by atoms with Gasteiger partial charge in [-0.3, -0.25) is 4.98 Å². The third-order valence-corrected chi connectivity index (χ3v) is 2.76. The lowest BCUT2D eigenvalue weighted by atomic mass is 10.1. The summed E-state index contributed by atoms with van der Waals surface area (Å²) in [6.07, 6.45) is 4.68. The van der Waals surface area contributed by atoms with Crippen molar-refractivity contribution in [3.05, 3.63) is 65.6 Å². The molecule has 0 bridgehead atoms. The zero-order chi connectivity index (χ0) is 13.9. The van der Waals surface area contributed by atoms with E-state index in [1.165, 1.54) is 6.08 Å². The number of phenols is 1. The van der Waals surface area contributed by atoms with Crippen LogP contribution in [0.5, 0.6) is 5.75 Å². The zero-order valence-electron chi connectivity index (χ0n) is 10.4. The summed E-state index contributed by atoms with van der Waals surface area (Å²) in [5.74, 6) is -0.255. The maximum atomic E-state index is 11.8. The van der Waals surface area contributed by atoms with Crippen LogP contribution in [-0.4, -0.2) is 22.0 Å². The SMILES string of the molecule is O=C1OC(c2cccnc2)=N/C1=C\c1ccccc1O. The number of hydrogen-bond acceptors (Lipinski definition) is 5. The number of carbonyl (C=O) groups is 1. The van der Waals surface area contributed by atoms with E-state index < -0.39 is 5.97 Å². The van der Waals surface area contributed by atoms with Crippen LogP contribution in [0.3, 0.4) is 0 Å². The predicted molar refractivity (Wildman–Crippen MR) is 72.9 cm³/mol. The van der Waals surface area contributed by atoms with Crippen molar-refractivity contribution >= 4 is 17.9 Å². The molecule has 3 rings (SSSR count). The monoisotopic (exact) mass is 266 g/mol. The van der Waals surface area contributed by atoms with Gasteiger partial charge in [-0.15, -0.1) is 0 Å². The lowest BCUT2D eigenvalue weighted by Crippen LogP contribution is -2.05. The third kappa shape index (κ3) is 2.29.